The zero-order valence-corrected chi connectivity index (χ0v) is 13.0. The number of ether oxygens (including phenoxy) is 1. The number of aliphatic carboxylic acids is 1. The van der Waals surface area contributed by atoms with Crippen LogP contribution in [0.25, 0.3) is 0 Å². The second-order valence-corrected chi connectivity index (χ2v) is 7.22. The van der Waals surface area contributed by atoms with Crippen molar-refractivity contribution >= 4 is 21.7 Å². The molecule has 1 N–H and O–H groups in total. The molecular weight excluding hydrogens is 310 g/mol. The largest absolute Gasteiger partial charge is 0.480 e. The molecule has 1 amide bonds. The third-order valence-electron chi connectivity index (χ3n) is 3.65. The molecule has 0 aliphatic carbocycles. The van der Waals surface area contributed by atoms with Crippen LogP contribution >= 0.6 is 0 Å². The Bertz CT molecular complexity index is 699. The minimum absolute atomic E-state index is 0.0210. The molecule has 1 aliphatic rings. The summed E-state index contributed by atoms with van der Waals surface area (Å²) in [6, 6.07) is 4.61. The number of sulfone groups is 1. The summed E-state index contributed by atoms with van der Waals surface area (Å²) in [5.74, 6) is -1.62. The van der Waals surface area contributed by atoms with Gasteiger partial charge in [-0.1, -0.05) is 6.07 Å². The molecule has 1 aromatic carbocycles. The molecule has 1 saturated heterocycles. The van der Waals surface area contributed by atoms with Crippen LogP contribution in [-0.4, -0.2) is 62.4 Å². The van der Waals surface area contributed by atoms with E-state index in [1.807, 2.05) is 0 Å². The van der Waals surface area contributed by atoms with Crippen LogP contribution in [0.2, 0.25) is 0 Å². The van der Waals surface area contributed by atoms with Crippen molar-refractivity contribution in [1.29, 1.82) is 0 Å². The number of likely N-dealkylation sites (tertiary alicyclic amines) is 1. The molecule has 1 aromatic rings. The monoisotopic (exact) mass is 327 g/mol. The molecule has 1 heterocycles. The number of carbonyl (C=O) groups excluding carboxylic acids is 1. The Kier molecular flexibility index (Phi) is 4.52. The highest BCUT2D eigenvalue weighted by molar-refractivity contribution is 7.90. The van der Waals surface area contributed by atoms with Crippen molar-refractivity contribution in [3.63, 3.8) is 0 Å². The quantitative estimate of drug-likeness (QED) is 0.859. The Morgan fingerprint density at radius 2 is 2.05 bits per heavy atom. The molecule has 22 heavy (non-hydrogen) atoms. The van der Waals surface area contributed by atoms with Gasteiger partial charge in [-0.2, -0.15) is 0 Å². The van der Waals surface area contributed by atoms with Gasteiger partial charge in [0.25, 0.3) is 5.91 Å². The van der Waals surface area contributed by atoms with Crippen molar-refractivity contribution in [2.45, 2.75) is 23.5 Å². The number of amides is 1. The van der Waals surface area contributed by atoms with E-state index in [9.17, 15) is 23.1 Å². The van der Waals surface area contributed by atoms with Crippen LogP contribution in [0, 0.1) is 0 Å². The number of nitrogens with zero attached hydrogens (tertiary/aromatic N) is 1. The van der Waals surface area contributed by atoms with Crippen molar-refractivity contribution < 1.29 is 27.9 Å². The number of hydrogen-bond donors (Lipinski definition) is 1. The molecule has 7 nitrogen and oxygen atoms in total. The van der Waals surface area contributed by atoms with Gasteiger partial charge in [0, 0.05) is 31.9 Å². The SMILES string of the molecule is COC1CC(C(=O)O)N(C(=O)c2cccc(S(C)(=O)=O)c2)C1. The van der Waals surface area contributed by atoms with Crippen LogP contribution in [-0.2, 0) is 19.4 Å². The van der Waals surface area contributed by atoms with E-state index in [1.165, 1.54) is 36.3 Å². The Hall–Kier alpha value is -1.93. The molecular formula is C14H17NO6S. The highest BCUT2D eigenvalue weighted by Gasteiger charge is 2.40. The third kappa shape index (κ3) is 3.28. The van der Waals surface area contributed by atoms with Gasteiger partial charge in [-0.15, -0.1) is 0 Å². The van der Waals surface area contributed by atoms with Gasteiger partial charge in [0.15, 0.2) is 9.84 Å². The predicted octanol–water partition coefficient (Wildman–Crippen LogP) is 0.404. The van der Waals surface area contributed by atoms with E-state index in [0.29, 0.717) is 0 Å². The highest BCUT2D eigenvalue weighted by Crippen LogP contribution is 2.23. The second-order valence-electron chi connectivity index (χ2n) is 5.20. The van der Waals surface area contributed by atoms with Gasteiger partial charge in [0.05, 0.1) is 11.0 Å². The Morgan fingerprint density at radius 3 is 2.59 bits per heavy atom. The van der Waals surface area contributed by atoms with Crippen molar-refractivity contribution in [2.75, 3.05) is 19.9 Å². The fraction of sp³-hybridized carbons (Fsp3) is 0.429. The Morgan fingerprint density at radius 1 is 1.36 bits per heavy atom. The molecule has 0 spiro atoms. The molecule has 2 unspecified atom stereocenters. The predicted molar refractivity (Wildman–Crippen MR) is 77.4 cm³/mol. The Labute approximate surface area is 128 Å². The summed E-state index contributed by atoms with van der Waals surface area (Å²) in [7, 11) is -1.98. The lowest BCUT2D eigenvalue weighted by molar-refractivity contribution is -0.141. The number of rotatable bonds is 4. The van der Waals surface area contributed by atoms with E-state index in [-0.39, 0.29) is 29.5 Å². The maximum atomic E-state index is 12.5. The van der Waals surface area contributed by atoms with E-state index in [1.54, 1.807) is 0 Å². The average Bonchev–Trinajstić information content (AvgIpc) is 2.90. The number of methoxy groups -OCH3 is 1. The van der Waals surface area contributed by atoms with E-state index < -0.39 is 27.8 Å². The lowest BCUT2D eigenvalue weighted by Gasteiger charge is -2.21. The summed E-state index contributed by atoms with van der Waals surface area (Å²) < 4.78 is 28.3. The van der Waals surface area contributed by atoms with Crippen molar-refractivity contribution in [2.24, 2.45) is 0 Å². The molecule has 0 bridgehead atoms. The van der Waals surface area contributed by atoms with Gasteiger partial charge in [-0.25, -0.2) is 13.2 Å². The first-order valence-electron chi connectivity index (χ1n) is 6.60. The first-order chi connectivity index (χ1) is 10.2. The van der Waals surface area contributed by atoms with Crippen LogP contribution in [0.5, 0.6) is 0 Å². The number of benzene rings is 1. The maximum Gasteiger partial charge on any atom is 0.326 e. The zero-order chi connectivity index (χ0) is 16.5. The number of carbonyl (C=O) groups is 2. The number of carboxylic acid groups (broad SMARTS) is 1. The molecule has 2 atom stereocenters. The number of hydrogen-bond acceptors (Lipinski definition) is 5. The lowest BCUT2D eigenvalue weighted by Crippen LogP contribution is -2.40. The van der Waals surface area contributed by atoms with Crippen LogP contribution < -0.4 is 0 Å². The summed E-state index contributed by atoms with van der Waals surface area (Å²) in [6.07, 6.45) is 0.916. The van der Waals surface area contributed by atoms with Crippen molar-refractivity contribution in [3.05, 3.63) is 29.8 Å². The fourth-order valence-electron chi connectivity index (χ4n) is 2.45. The minimum atomic E-state index is -3.44. The van der Waals surface area contributed by atoms with E-state index >= 15 is 0 Å². The molecule has 1 aliphatic heterocycles. The normalized spacial score (nSPS) is 21.8. The van der Waals surface area contributed by atoms with Gasteiger partial charge in [-0.3, -0.25) is 4.79 Å². The summed E-state index contributed by atoms with van der Waals surface area (Å²) in [5, 5.41) is 9.23. The smallest absolute Gasteiger partial charge is 0.326 e. The summed E-state index contributed by atoms with van der Waals surface area (Å²) >= 11 is 0. The average molecular weight is 327 g/mol. The molecule has 8 heteroatoms. The number of carboxylic acids is 1. The standard InChI is InChI=1S/C14H17NO6S/c1-21-10-7-12(14(17)18)15(8-10)13(16)9-4-3-5-11(6-9)22(2,19)20/h3-6,10,12H,7-8H2,1-2H3,(H,17,18). The summed E-state index contributed by atoms with van der Waals surface area (Å²) in [6.45, 7) is 0.162. The van der Waals surface area contributed by atoms with Crippen LogP contribution in [0.3, 0.4) is 0 Å². The fourth-order valence-corrected chi connectivity index (χ4v) is 3.12. The molecule has 0 aromatic heterocycles. The molecule has 1 fully saturated rings. The van der Waals surface area contributed by atoms with Gasteiger partial charge >= 0.3 is 5.97 Å². The van der Waals surface area contributed by atoms with Gasteiger partial charge in [0.2, 0.25) is 0 Å². The van der Waals surface area contributed by atoms with E-state index in [2.05, 4.69) is 0 Å². The molecule has 0 radical (unpaired) electrons. The second kappa shape index (κ2) is 6.05. The van der Waals surface area contributed by atoms with Crippen LogP contribution in [0.4, 0.5) is 0 Å². The van der Waals surface area contributed by atoms with Crippen LogP contribution in [0.1, 0.15) is 16.8 Å². The summed E-state index contributed by atoms with van der Waals surface area (Å²) in [4.78, 5) is 25.0. The van der Waals surface area contributed by atoms with Crippen molar-refractivity contribution in [3.8, 4) is 0 Å². The van der Waals surface area contributed by atoms with E-state index in [4.69, 9.17) is 4.74 Å². The highest BCUT2D eigenvalue weighted by atomic mass is 32.2. The lowest BCUT2D eigenvalue weighted by atomic mass is 10.1. The van der Waals surface area contributed by atoms with Gasteiger partial charge in [0.1, 0.15) is 6.04 Å². The first-order valence-corrected chi connectivity index (χ1v) is 8.50. The maximum absolute atomic E-state index is 12.5. The van der Waals surface area contributed by atoms with Crippen LogP contribution in [0.15, 0.2) is 29.2 Å². The Balaban J connectivity index is 2.33. The van der Waals surface area contributed by atoms with Crippen molar-refractivity contribution in [1.82, 2.24) is 4.90 Å². The van der Waals surface area contributed by atoms with E-state index in [0.717, 1.165) is 6.26 Å². The molecule has 2 rings (SSSR count). The zero-order valence-electron chi connectivity index (χ0n) is 12.2. The molecule has 120 valence electrons. The first kappa shape index (κ1) is 16.4. The third-order valence-corrected chi connectivity index (χ3v) is 4.76. The topological polar surface area (TPSA) is 101 Å². The van der Waals surface area contributed by atoms with Gasteiger partial charge < -0.3 is 14.7 Å². The minimum Gasteiger partial charge on any atom is -0.480 e. The van der Waals surface area contributed by atoms with Gasteiger partial charge in [-0.05, 0) is 18.2 Å². The summed E-state index contributed by atoms with van der Waals surface area (Å²) in [5.41, 5.74) is 0.144. The molecule has 0 saturated carbocycles.